The minimum Gasteiger partial charge on any atom is -0.504 e. The first-order valence-corrected chi connectivity index (χ1v) is 3.67. The highest BCUT2D eigenvalue weighted by atomic mass is 19.1. The molecule has 14 heavy (non-hydrogen) atoms. The van der Waals surface area contributed by atoms with E-state index in [1.165, 1.54) is 0 Å². The van der Waals surface area contributed by atoms with Gasteiger partial charge in [0, 0.05) is 6.08 Å². The quantitative estimate of drug-likeness (QED) is 0.702. The van der Waals surface area contributed by atoms with Crippen molar-refractivity contribution in [1.29, 1.82) is 0 Å². The van der Waals surface area contributed by atoms with Crippen LogP contribution in [0.2, 0.25) is 0 Å². The van der Waals surface area contributed by atoms with E-state index in [4.69, 9.17) is 10.8 Å². The van der Waals surface area contributed by atoms with Crippen molar-refractivity contribution >= 4 is 12.0 Å². The lowest BCUT2D eigenvalue weighted by atomic mass is 10.1. The number of carbonyl (C=O) groups excluding carboxylic acids is 1. The summed E-state index contributed by atoms with van der Waals surface area (Å²) in [4.78, 5) is 10.3. The molecule has 0 heterocycles. The van der Waals surface area contributed by atoms with Crippen molar-refractivity contribution in [2.45, 2.75) is 0 Å². The Bertz CT molecular complexity index is 402. The zero-order valence-electron chi connectivity index (χ0n) is 7.00. The Kier molecular flexibility index (Phi) is 2.81. The lowest BCUT2D eigenvalue weighted by molar-refractivity contribution is -0.113. The highest BCUT2D eigenvalue weighted by Gasteiger charge is 2.09. The predicted molar refractivity (Wildman–Crippen MR) is 46.3 cm³/mol. The van der Waals surface area contributed by atoms with Gasteiger partial charge >= 0.3 is 0 Å². The SMILES string of the molecule is NC(=O)/C=C/c1c(F)ccc(F)c1O. The maximum atomic E-state index is 13.0. The van der Waals surface area contributed by atoms with Gasteiger partial charge in [-0.15, -0.1) is 0 Å². The Hall–Kier alpha value is -1.91. The van der Waals surface area contributed by atoms with Crippen LogP contribution >= 0.6 is 0 Å². The molecule has 0 atom stereocenters. The summed E-state index contributed by atoms with van der Waals surface area (Å²) in [5.74, 6) is -3.45. The van der Waals surface area contributed by atoms with Gasteiger partial charge in [0.15, 0.2) is 11.6 Å². The summed E-state index contributed by atoms with van der Waals surface area (Å²) in [6, 6.07) is 1.63. The Morgan fingerprint density at radius 3 is 2.50 bits per heavy atom. The third-order valence-electron chi connectivity index (χ3n) is 1.53. The molecule has 0 saturated carbocycles. The van der Waals surface area contributed by atoms with E-state index >= 15 is 0 Å². The van der Waals surface area contributed by atoms with E-state index < -0.39 is 28.9 Å². The molecule has 1 rings (SSSR count). The highest BCUT2D eigenvalue weighted by Crippen LogP contribution is 2.24. The Labute approximate surface area is 78.5 Å². The van der Waals surface area contributed by atoms with Gasteiger partial charge in [-0.3, -0.25) is 4.79 Å². The predicted octanol–water partition coefficient (Wildman–Crippen LogP) is 1.17. The van der Waals surface area contributed by atoms with Crippen molar-refractivity contribution in [2.75, 3.05) is 0 Å². The van der Waals surface area contributed by atoms with Crippen LogP contribution in [0, 0.1) is 11.6 Å². The van der Waals surface area contributed by atoms with Crippen LogP contribution in [0.4, 0.5) is 8.78 Å². The number of aromatic hydroxyl groups is 1. The smallest absolute Gasteiger partial charge is 0.241 e. The van der Waals surface area contributed by atoms with E-state index in [0.717, 1.165) is 24.3 Å². The van der Waals surface area contributed by atoms with Gasteiger partial charge in [-0.1, -0.05) is 0 Å². The van der Waals surface area contributed by atoms with E-state index in [1.54, 1.807) is 0 Å². The van der Waals surface area contributed by atoms with E-state index in [-0.39, 0.29) is 0 Å². The second-order valence-electron chi connectivity index (χ2n) is 2.53. The molecule has 0 unspecified atom stereocenters. The molecule has 1 aromatic carbocycles. The second-order valence-corrected chi connectivity index (χ2v) is 2.53. The minimum atomic E-state index is -0.962. The molecule has 0 aliphatic carbocycles. The molecular formula is C9H7F2NO2. The fourth-order valence-electron chi connectivity index (χ4n) is 0.881. The van der Waals surface area contributed by atoms with Crippen LogP contribution in [-0.2, 0) is 4.79 Å². The maximum Gasteiger partial charge on any atom is 0.241 e. The first-order chi connectivity index (χ1) is 6.52. The fraction of sp³-hybridized carbons (Fsp3) is 0. The average Bonchev–Trinajstić information content (AvgIpc) is 2.11. The summed E-state index contributed by atoms with van der Waals surface area (Å²) in [5, 5.41) is 9.07. The lowest BCUT2D eigenvalue weighted by Gasteiger charge is -2.01. The Morgan fingerprint density at radius 2 is 1.93 bits per heavy atom. The molecule has 1 amide bonds. The summed E-state index contributed by atoms with van der Waals surface area (Å²) in [6.45, 7) is 0. The van der Waals surface area contributed by atoms with Crippen molar-refractivity contribution < 1.29 is 18.7 Å². The molecule has 3 N–H and O–H groups in total. The first-order valence-electron chi connectivity index (χ1n) is 3.67. The number of nitrogens with two attached hydrogens (primary N) is 1. The third-order valence-corrected chi connectivity index (χ3v) is 1.53. The monoisotopic (exact) mass is 199 g/mol. The molecule has 0 bridgehead atoms. The minimum absolute atomic E-state index is 0.399. The van der Waals surface area contributed by atoms with Crippen molar-refractivity contribution in [2.24, 2.45) is 5.73 Å². The topological polar surface area (TPSA) is 63.3 Å². The standard InChI is InChI=1S/C9H7F2NO2/c10-6-2-3-7(11)9(14)5(6)1-4-8(12)13/h1-4,14H,(H2,12,13)/b4-1+. The third kappa shape index (κ3) is 2.07. The van der Waals surface area contributed by atoms with Crippen LogP contribution < -0.4 is 5.73 Å². The lowest BCUT2D eigenvalue weighted by Crippen LogP contribution is -2.05. The number of halogens is 2. The number of phenols is 1. The van der Waals surface area contributed by atoms with E-state index in [0.29, 0.717) is 0 Å². The van der Waals surface area contributed by atoms with Crippen LogP contribution in [-0.4, -0.2) is 11.0 Å². The summed E-state index contributed by atoms with van der Waals surface area (Å²) in [7, 11) is 0. The van der Waals surface area contributed by atoms with Crippen molar-refractivity contribution in [3.63, 3.8) is 0 Å². The number of hydrogen-bond acceptors (Lipinski definition) is 2. The van der Waals surface area contributed by atoms with Gasteiger partial charge in [-0.2, -0.15) is 0 Å². The van der Waals surface area contributed by atoms with E-state index in [2.05, 4.69) is 0 Å². The molecule has 0 aliphatic heterocycles. The molecule has 0 radical (unpaired) electrons. The Morgan fingerprint density at radius 1 is 1.36 bits per heavy atom. The molecule has 74 valence electrons. The normalized spacial score (nSPS) is 10.7. The number of hydrogen-bond donors (Lipinski definition) is 2. The van der Waals surface area contributed by atoms with E-state index in [9.17, 15) is 13.6 Å². The zero-order chi connectivity index (χ0) is 10.7. The molecule has 0 spiro atoms. The van der Waals surface area contributed by atoms with Crippen LogP contribution in [0.1, 0.15) is 5.56 Å². The van der Waals surface area contributed by atoms with Gasteiger partial charge < -0.3 is 10.8 Å². The molecule has 5 heteroatoms. The van der Waals surface area contributed by atoms with Crippen LogP contribution in [0.3, 0.4) is 0 Å². The van der Waals surface area contributed by atoms with E-state index in [1.807, 2.05) is 0 Å². The van der Waals surface area contributed by atoms with Crippen molar-refractivity contribution in [1.82, 2.24) is 0 Å². The van der Waals surface area contributed by atoms with Gasteiger partial charge in [0.25, 0.3) is 0 Å². The average molecular weight is 199 g/mol. The molecule has 0 aromatic heterocycles. The van der Waals surface area contributed by atoms with Crippen LogP contribution in [0.5, 0.6) is 5.75 Å². The van der Waals surface area contributed by atoms with Gasteiger partial charge in [-0.05, 0) is 18.2 Å². The molecule has 0 aliphatic rings. The number of rotatable bonds is 2. The Balaban J connectivity index is 3.19. The number of phenolic OH excluding ortho intramolecular Hbond substituents is 1. The number of primary amides is 1. The molecule has 3 nitrogen and oxygen atoms in total. The summed E-state index contributed by atoms with van der Waals surface area (Å²) in [5.41, 5.74) is 4.36. The number of benzene rings is 1. The maximum absolute atomic E-state index is 13.0. The number of amides is 1. The summed E-state index contributed by atoms with van der Waals surface area (Å²) < 4.78 is 25.7. The van der Waals surface area contributed by atoms with Gasteiger partial charge in [0.05, 0.1) is 5.56 Å². The molecule has 1 aromatic rings. The molecular weight excluding hydrogens is 192 g/mol. The van der Waals surface area contributed by atoms with Crippen LogP contribution in [0.25, 0.3) is 6.08 Å². The summed E-state index contributed by atoms with van der Waals surface area (Å²) in [6.07, 6.45) is 1.74. The van der Waals surface area contributed by atoms with Crippen molar-refractivity contribution in [3.05, 3.63) is 35.4 Å². The molecule has 0 saturated heterocycles. The second kappa shape index (κ2) is 3.87. The first kappa shape index (κ1) is 10.2. The van der Waals surface area contributed by atoms with Crippen molar-refractivity contribution in [3.8, 4) is 5.75 Å². The van der Waals surface area contributed by atoms with Gasteiger partial charge in [-0.25, -0.2) is 8.78 Å². The largest absolute Gasteiger partial charge is 0.504 e. The fourth-order valence-corrected chi connectivity index (χ4v) is 0.881. The number of carbonyl (C=O) groups is 1. The molecule has 0 fully saturated rings. The van der Waals surface area contributed by atoms with Gasteiger partial charge in [0.1, 0.15) is 5.82 Å². The summed E-state index contributed by atoms with van der Waals surface area (Å²) >= 11 is 0. The van der Waals surface area contributed by atoms with Gasteiger partial charge in [0.2, 0.25) is 5.91 Å². The van der Waals surface area contributed by atoms with Crippen LogP contribution in [0.15, 0.2) is 18.2 Å². The zero-order valence-corrected chi connectivity index (χ0v) is 7.00. The highest BCUT2D eigenvalue weighted by molar-refractivity contribution is 5.90.